The lowest BCUT2D eigenvalue weighted by atomic mass is 10.3. The van der Waals surface area contributed by atoms with Crippen molar-refractivity contribution in [2.24, 2.45) is 0 Å². The molecule has 14 heavy (non-hydrogen) atoms. The van der Waals surface area contributed by atoms with Crippen LogP contribution < -0.4 is 0 Å². The molecule has 0 spiro atoms. The quantitative estimate of drug-likeness (QED) is 0.683. The van der Waals surface area contributed by atoms with Crippen LogP contribution in [-0.2, 0) is 0 Å². The molecule has 2 heterocycles. The second kappa shape index (κ2) is 3.44. The van der Waals surface area contributed by atoms with Crippen LogP contribution in [0.4, 0.5) is 0 Å². The van der Waals surface area contributed by atoms with Gasteiger partial charge in [0.25, 0.3) is 0 Å². The smallest absolute Gasteiger partial charge is 0.137 e. The van der Waals surface area contributed by atoms with E-state index in [1.54, 1.807) is 0 Å². The SMILES string of the molecule is Cc1nc2ccc(Cl)cn2c1C(C)Cl. The highest BCUT2D eigenvalue weighted by molar-refractivity contribution is 6.30. The molecular formula is C10H10Cl2N2. The predicted molar refractivity (Wildman–Crippen MR) is 59.2 cm³/mol. The standard InChI is InChI=1S/C10H10Cl2N2/c1-6(11)10-7(2)13-9-4-3-8(12)5-14(9)10/h3-6H,1-2H3. The van der Waals surface area contributed by atoms with Crippen molar-refractivity contribution in [2.45, 2.75) is 19.2 Å². The van der Waals surface area contributed by atoms with E-state index in [1.165, 1.54) is 0 Å². The van der Waals surface area contributed by atoms with Gasteiger partial charge < -0.3 is 4.40 Å². The molecule has 0 saturated heterocycles. The lowest BCUT2D eigenvalue weighted by Crippen LogP contribution is -1.94. The molecule has 0 aromatic carbocycles. The van der Waals surface area contributed by atoms with Gasteiger partial charge in [-0.25, -0.2) is 4.98 Å². The van der Waals surface area contributed by atoms with Crippen molar-refractivity contribution in [1.82, 2.24) is 9.38 Å². The molecule has 0 saturated carbocycles. The number of fused-ring (bicyclic) bond motifs is 1. The van der Waals surface area contributed by atoms with Gasteiger partial charge >= 0.3 is 0 Å². The third-order valence-electron chi connectivity index (χ3n) is 2.18. The highest BCUT2D eigenvalue weighted by Gasteiger charge is 2.12. The van der Waals surface area contributed by atoms with E-state index in [0.29, 0.717) is 5.02 Å². The van der Waals surface area contributed by atoms with Crippen LogP contribution in [-0.4, -0.2) is 9.38 Å². The Hall–Kier alpha value is -0.730. The van der Waals surface area contributed by atoms with Gasteiger partial charge in [0.1, 0.15) is 5.65 Å². The van der Waals surface area contributed by atoms with Crippen LogP contribution in [0.2, 0.25) is 5.02 Å². The van der Waals surface area contributed by atoms with Gasteiger partial charge in [-0.2, -0.15) is 0 Å². The van der Waals surface area contributed by atoms with Crippen molar-refractivity contribution in [3.63, 3.8) is 0 Å². The maximum atomic E-state index is 6.08. The normalized spacial score (nSPS) is 13.4. The monoisotopic (exact) mass is 228 g/mol. The van der Waals surface area contributed by atoms with Crippen molar-refractivity contribution in [2.75, 3.05) is 0 Å². The van der Waals surface area contributed by atoms with Crippen LogP contribution in [0, 0.1) is 6.92 Å². The number of pyridine rings is 1. The first kappa shape index (κ1) is 9.81. The molecule has 0 amide bonds. The average Bonchev–Trinajstić information content (AvgIpc) is 2.40. The summed E-state index contributed by atoms with van der Waals surface area (Å²) in [7, 11) is 0. The van der Waals surface area contributed by atoms with Crippen LogP contribution >= 0.6 is 23.2 Å². The van der Waals surface area contributed by atoms with Gasteiger partial charge in [0.2, 0.25) is 0 Å². The van der Waals surface area contributed by atoms with Gasteiger partial charge in [0, 0.05) is 6.20 Å². The molecule has 1 unspecified atom stereocenters. The molecule has 0 aliphatic rings. The van der Waals surface area contributed by atoms with Gasteiger partial charge in [-0.15, -0.1) is 11.6 Å². The van der Waals surface area contributed by atoms with Crippen molar-refractivity contribution in [1.29, 1.82) is 0 Å². The first-order valence-electron chi connectivity index (χ1n) is 4.38. The Morgan fingerprint density at radius 1 is 1.43 bits per heavy atom. The van der Waals surface area contributed by atoms with Gasteiger partial charge in [0.15, 0.2) is 0 Å². The molecule has 74 valence electrons. The molecular weight excluding hydrogens is 219 g/mol. The molecule has 2 aromatic rings. The summed E-state index contributed by atoms with van der Waals surface area (Å²) in [5.74, 6) is 0. The minimum Gasteiger partial charge on any atom is -0.301 e. The first-order chi connectivity index (χ1) is 6.59. The molecule has 0 N–H and O–H groups in total. The third-order valence-corrected chi connectivity index (χ3v) is 2.61. The molecule has 0 radical (unpaired) electrons. The van der Waals surface area contributed by atoms with Crippen LogP contribution in [0.5, 0.6) is 0 Å². The number of halogens is 2. The Bertz CT molecular complexity index is 474. The highest BCUT2D eigenvalue weighted by Crippen LogP contribution is 2.25. The van der Waals surface area contributed by atoms with Gasteiger partial charge in [-0.05, 0) is 26.0 Å². The largest absolute Gasteiger partial charge is 0.301 e. The Labute approximate surface area is 92.5 Å². The second-order valence-electron chi connectivity index (χ2n) is 3.27. The Balaban J connectivity index is 2.79. The van der Waals surface area contributed by atoms with E-state index in [1.807, 2.05) is 36.6 Å². The molecule has 1 atom stereocenters. The van der Waals surface area contributed by atoms with Crippen molar-refractivity contribution in [3.05, 3.63) is 34.7 Å². The molecule has 0 bridgehead atoms. The summed E-state index contributed by atoms with van der Waals surface area (Å²) in [5.41, 5.74) is 2.84. The van der Waals surface area contributed by atoms with Gasteiger partial charge in [0.05, 0.1) is 21.8 Å². The van der Waals surface area contributed by atoms with Gasteiger partial charge in [-0.1, -0.05) is 11.6 Å². The van der Waals surface area contributed by atoms with Crippen molar-refractivity contribution >= 4 is 28.8 Å². The lowest BCUT2D eigenvalue weighted by molar-refractivity contribution is 0.946. The molecule has 0 fully saturated rings. The number of aryl methyl sites for hydroxylation is 1. The molecule has 2 nitrogen and oxygen atoms in total. The minimum atomic E-state index is -0.0662. The summed E-state index contributed by atoms with van der Waals surface area (Å²) in [6.07, 6.45) is 1.84. The summed E-state index contributed by atoms with van der Waals surface area (Å²) in [4.78, 5) is 4.40. The maximum Gasteiger partial charge on any atom is 0.137 e. The zero-order valence-corrected chi connectivity index (χ0v) is 9.47. The number of imidazole rings is 1. The predicted octanol–water partition coefficient (Wildman–Crippen LogP) is 3.60. The van der Waals surface area contributed by atoms with E-state index in [0.717, 1.165) is 17.0 Å². The highest BCUT2D eigenvalue weighted by atomic mass is 35.5. The molecule has 2 aromatic heterocycles. The lowest BCUT2D eigenvalue weighted by Gasteiger charge is -2.04. The summed E-state index contributed by atoms with van der Waals surface area (Å²) < 4.78 is 1.94. The summed E-state index contributed by atoms with van der Waals surface area (Å²) in [6.45, 7) is 3.88. The number of hydrogen-bond donors (Lipinski definition) is 0. The number of hydrogen-bond acceptors (Lipinski definition) is 1. The van der Waals surface area contributed by atoms with E-state index in [4.69, 9.17) is 23.2 Å². The molecule has 2 rings (SSSR count). The Morgan fingerprint density at radius 2 is 2.14 bits per heavy atom. The Morgan fingerprint density at radius 3 is 2.79 bits per heavy atom. The van der Waals surface area contributed by atoms with Crippen LogP contribution in [0.15, 0.2) is 18.3 Å². The van der Waals surface area contributed by atoms with E-state index < -0.39 is 0 Å². The van der Waals surface area contributed by atoms with Crippen molar-refractivity contribution < 1.29 is 0 Å². The number of alkyl halides is 1. The fourth-order valence-corrected chi connectivity index (χ4v) is 2.06. The van der Waals surface area contributed by atoms with Crippen molar-refractivity contribution in [3.8, 4) is 0 Å². The second-order valence-corrected chi connectivity index (χ2v) is 4.37. The topological polar surface area (TPSA) is 17.3 Å². The fourth-order valence-electron chi connectivity index (χ4n) is 1.63. The zero-order valence-electron chi connectivity index (χ0n) is 7.96. The van der Waals surface area contributed by atoms with Crippen LogP contribution in [0.1, 0.15) is 23.7 Å². The average molecular weight is 229 g/mol. The molecule has 0 aliphatic heterocycles. The third kappa shape index (κ3) is 1.49. The summed E-state index contributed by atoms with van der Waals surface area (Å²) in [5, 5.41) is 0.622. The number of rotatable bonds is 1. The number of nitrogens with zero attached hydrogens (tertiary/aromatic N) is 2. The molecule has 0 aliphatic carbocycles. The van der Waals surface area contributed by atoms with E-state index in [9.17, 15) is 0 Å². The van der Waals surface area contributed by atoms with E-state index in [2.05, 4.69) is 4.98 Å². The maximum absolute atomic E-state index is 6.08. The number of aromatic nitrogens is 2. The molecule has 4 heteroatoms. The summed E-state index contributed by atoms with van der Waals surface area (Å²) in [6, 6.07) is 3.71. The fraction of sp³-hybridized carbons (Fsp3) is 0.300. The first-order valence-corrected chi connectivity index (χ1v) is 5.19. The van der Waals surface area contributed by atoms with E-state index in [-0.39, 0.29) is 5.38 Å². The Kier molecular flexibility index (Phi) is 2.41. The van der Waals surface area contributed by atoms with Gasteiger partial charge in [-0.3, -0.25) is 0 Å². The zero-order chi connectivity index (χ0) is 10.3. The van der Waals surface area contributed by atoms with E-state index >= 15 is 0 Å². The van der Waals surface area contributed by atoms with Crippen LogP contribution in [0.3, 0.4) is 0 Å². The summed E-state index contributed by atoms with van der Waals surface area (Å²) >= 11 is 12.0. The minimum absolute atomic E-state index is 0.0662. The van der Waals surface area contributed by atoms with Crippen LogP contribution in [0.25, 0.3) is 5.65 Å².